The van der Waals surface area contributed by atoms with Gasteiger partial charge in [-0.3, -0.25) is 10.1 Å². The van der Waals surface area contributed by atoms with Gasteiger partial charge in [-0.2, -0.15) is 4.31 Å². The van der Waals surface area contributed by atoms with E-state index in [2.05, 4.69) is 5.32 Å². The summed E-state index contributed by atoms with van der Waals surface area (Å²) in [6.45, 7) is 6.40. The molecule has 1 fully saturated rings. The molecule has 1 heterocycles. The van der Waals surface area contributed by atoms with E-state index in [9.17, 15) is 18.0 Å². The lowest BCUT2D eigenvalue weighted by molar-refractivity contribution is -0.904. The first-order valence-electron chi connectivity index (χ1n) is 9.33. The van der Waals surface area contributed by atoms with E-state index in [1.165, 1.54) is 4.31 Å². The molecular weight excluding hydrogens is 386 g/mol. The number of hydrogen-bond acceptors (Lipinski definition) is 6. The molecule has 1 aliphatic heterocycles. The molecule has 1 aliphatic rings. The van der Waals surface area contributed by atoms with E-state index in [0.29, 0.717) is 39.4 Å². The lowest BCUT2D eigenvalue weighted by Crippen LogP contribution is -3.11. The molecule has 2 N–H and O–H groups in total. The SMILES string of the molecule is CCOC(=O)NC(=O)C[NH+](CC)Cc1cccc(S(=O)(=O)N2CCOCC2)c1. The minimum atomic E-state index is -3.57. The van der Waals surface area contributed by atoms with Gasteiger partial charge in [-0.1, -0.05) is 12.1 Å². The van der Waals surface area contributed by atoms with Crippen molar-refractivity contribution in [3.63, 3.8) is 0 Å². The van der Waals surface area contributed by atoms with Gasteiger partial charge in [-0.15, -0.1) is 0 Å². The standard InChI is InChI=1S/C18H27N3O6S/c1-3-20(14-17(22)19-18(23)27-4-2)13-15-6-5-7-16(12-15)28(24,25)21-8-10-26-11-9-21/h5-7,12H,3-4,8-11,13-14H2,1-2H3,(H,19,22,23)/p+1. The number of rotatable bonds is 8. The Bertz CT molecular complexity index is 777. The van der Waals surface area contributed by atoms with Gasteiger partial charge in [0.25, 0.3) is 5.91 Å². The van der Waals surface area contributed by atoms with Gasteiger partial charge in [0.15, 0.2) is 6.54 Å². The minimum absolute atomic E-state index is 0.0791. The number of nitrogens with zero attached hydrogens (tertiary/aromatic N) is 1. The highest BCUT2D eigenvalue weighted by Gasteiger charge is 2.26. The van der Waals surface area contributed by atoms with Crippen LogP contribution in [0.2, 0.25) is 0 Å². The average Bonchev–Trinajstić information content (AvgIpc) is 2.68. The molecule has 2 amide bonds. The summed E-state index contributed by atoms with van der Waals surface area (Å²) < 4.78 is 36.9. The van der Waals surface area contributed by atoms with Gasteiger partial charge in [-0.05, 0) is 26.0 Å². The van der Waals surface area contributed by atoms with Gasteiger partial charge < -0.3 is 14.4 Å². The average molecular weight is 415 g/mol. The monoisotopic (exact) mass is 414 g/mol. The molecule has 1 unspecified atom stereocenters. The number of likely N-dealkylation sites (N-methyl/N-ethyl adjacent to an activating group) is 1. The van der Waals surface area contributed by atoms with Crippen molar-refractivity contribution in [3.8, 4) is 0 Å². The van der Waals surface area contributed by atoms with Crippen molar-refractivity contribution < 1.29 is 32.4 Å². The largest absolute Gasteiger partial charge is 0.450 e. The summed E-state index contributed by atoms with van der Waals surface area (Å²) >= 11 is 0. The number of nitrogens with one attached hydrogen (secondary N) is 2. The van der Waals surface area contributed by atoms with Crippen LogP contribution >= 0.6 is 0 Å². The second-order valence-corrected chi connectivity index (χ2v) is 8.33. The molecule has 9 nitrogen and oxygen atoms in total. The number of alkyl carbamates (subject to hydrolysis) is 1. The van der Waals surface area contributed by atoms with Crippen LogP contribution in [0.1, 0.15) is 19.4 Å². The predicted molar refractivity (Wildman–Crippen MR) is 101 cm³/mol. The summed E-state index contributed by atoms with van der Waals surface area (Å²) in [4.78, 5) is 24.4. The van der Waals surface area contributed by atoms with Crippen molar-refractivity contribution in [3.05, 3.63) is 29.8 Å². The Morgan fingerprint density at radius 3 is 2.61 bits per heavy atom. The summed E-state index contributed by atoms with van der Waals surface area (Å²) in [5, 5.41) is 2.17. The van der Waals surface area contributed by atoms with Crippen LogP contribution in [0.3, 0.4) is 0 Å². The fourth-order valence-electron chi connectivity index (χ4n) is 2.91. The van der Waals surface area contributed by atoms with Gasteiger partial charge in [0.05, 0.1) is 31.3 Å². The number of benzene rings is 1. The van der Waals surface area contributed by atoms with Gasteiger partial charge in [0, 0.05) is 18.7 Å². The maximum Gasteiger partial charge on any atom is 0.414 e. The molecule has 2 rings (SSSR count). The predicted octanol–water partition coefficient (Wildman–Crippen LogP) is -0.615. The molecule has 156 valence electrons. The van der Waals surface area contributed by atoms with E-state index < -0.39 is 22.0 Å². The number of morpholine rings is 1. The maximum atomic E-state index is 12.8. The van der Waals surface area contributed by atoms with Crippen LogP contribution in [-0.4, -0.2) is 70.7 Å². The topological polar surface area (TPSA) is 106 Å². The third kappa shape index (κ3) is 6.26. The molecule has 0 saturated carbocycles. The van der Waals surface area contributed by atoms with Crippen LogP contribution in [-0.2, 0) is 30.8 Å². The third-order valence-electron chi connectivity index (χ3n) is 4.39. The zero-order chi connectivity index (χ0) is 20.6. The molecule has 1 saturated heterocycles. The summed E-state index contributed by atoms with van der Waals surface area (Å²) in [6, 6.07) is 6.75. The number of hydrogen-bond donors (Lipinski definition) is 2. The molecule has 0 bridgehead atoms. The number of quaternary nitrogens is 1. The summed E-state index contributed by atoms with van der Waals surface area (Å²) in [7, 11) is -3.57. The molecule has 1 aromatic carbocycles. The number of ether oxygens (including phenoxy) is 2. The molecule has 10 heteroatoms. The van der Waals surface area contributed by atoms with E-state index in [1.807, 2.05) is 13.0 Å². The Balaban J connectivity index is 2.03. The van der Waals surface area contributed by atoms with Gasteiger partial charge >= 0.3 is 6.09 Å². The van der Waals surface area contributed by atoms with E-state index in [0.717, 1.165) is 10.5 Å². The molecular formula is C18H28N3O6S+. The minimum Gasteiger partial charge on any atom is -0.450 e. The fourth-order valence-corrected chi connectivity index (χ4v) is 4.38. The zero-order valence-electron chi connectivity index (χ0n) is 16.3. The summed E-state index contributed by atoms with van der Waals surface area (Å²) in [5.41, 5.74) is 0.801. The van der Waals surface area contributed by atoms with Crippen molar-refractivity contribution in [2.75, 3.05) is 46.0 Å². The Kier molecular flexibility index (Phi) is 8.36. The van der Waals surface area contributed by atoms with Crippen molar-refractivity contribution in [1.82, 2.24) is 9.62 Å². The van der Waals surface area contributed by atoms with E-state index in [4.69, 9.17) is 9.47 Å². The van der Waals surface area contributed by atoms with Crippen LogP contribution in [0, 0.1) is 0 Å². The summed E-state index contributed by atoms with van der Waals surface area (Å²) in [5.74, 6) is -0.438. The first-order valence-corrected chi connectivity index (χ1v) is 10.8. The van der Waals surface area contributed by atoms with E-state index >= 15 is 0 Å². The number of imide groups is 1. The molecule has 0 aliphatic carbocycles. The fraction of sp³-hybridized carbons (Fsp3) is 0.556. The summed E-state index contributed by atoms with van der Waals surface area (Å²) in [6.07, 6.45) is -0.762. The van der Waals surface area contributed by atoms with E-state index in [-0.39, 0.29) is 18.0 Å². The van der Waals surface area contributed by atoms with E-state index in [1.54, 1.807) is 25.1 Å². The molecule has 1 aromatic rings. The first-order chi connectivity index (χ1) is 13.4. The first kappa shape index (κ1) is 22.3. The second kappa shape index (κ2) is 10.5. The Labute approximate surface area is 165 Å². The second-order valence-electron chi connectivity index (χ2n) is 6.39. The highest BCUT2D eigenvalue weighted by atomic mass is 32.2. The lowest BCUT2D eigenvalue weighted by Gasteiger charge is -2.26. The number of sulfonamides is 1. The lowest BCUT2D eigenvalue weighted by atomic mass is 10.2. The molecule has 0 radical (unpaired) electrons. The van der Waals surface area contributed by atoms with Crippen molar-refractivity contribution in [2.45, 2.75) is 25.3 Å². The third-order valence-corrected chi connectivity index (χ3v) is 6.28. The maximum absolute atomic E-state index is 12.8. The number of amides is 2. The number of carbonyl (C=O) groups excluding carboxylic acids is 2. The molecule has 0 aromatic heterocycles. The number of carbonyl (C=O) groups is 2. The van der Waals surface area contributed by atoms with Crippen LogP contribution in [0.25, 0.3) is 0 Å². The molecule has 0 spiro atoms. The Morgan fingerprint density at radius 2 is 1.96 bits per heavy atom. The normalized spacial score (nSPS) is 16.4. The molecule has 28 heavy (non-hydrogen) atoms. The van der Waals surface area contributed by atoms with Crippen LogP contribution in [0.15, 0.2) is 29.2 Å². The molecule has 1 atom stereocenters. The van der Waals surface area contributed by atoms with Crippen LogP contribution < -0.4 is 10.2 Å². The van der Waals surface area contributed by atoms with Crippen molar-refractivity contribution >= 4 is 22.0 Å². The van der Waals surface area contributed by atoms with Crippen molar-refractivity contribution in [2.24, 2.45) is 0 Å². The highest BCUT2D eigenvalue weighted by molar-refractivity contribution is 7.89. The quantitative estimate of drug-likeness (QED) is 0.588. The van der Waals surface area contributed by atoms with Crippen molar-refractivity contribution in [1.29, 1.82) is 0 Å². The van der Waals surface area contributed by atoms with Crippen LogP contribution in [0.5, 0.6) is 0 Å². The Morgan fingerprint density at radius 1 is 1.25 bits per heavy atom. The van der Waals surface area contributed by atoms with Crippen LogP contribution in [0.4, 0.5) is 4.79 Å². The Hall–Kier alpha value is -2.01. The van der Waals surface area contributed by atoms with Gasteiger partial charge in [0.1, 0.15) is 6.54 Å². The van der Waals surface area contributed by atoms with Gasteiger partial charge in [-0.25, -0.2) is 13.2 Å². The highest BCUT2D eigenvalue weighted by Crippen LogP contribution is 2.18. The zero-order valence-corrected chi connectivity index (χ0v) is 17.1. The van der Waals surface area contributed by atoms with Gasteiger partial charge in [0.2, 0.25) is 10.0 Å². The smallest absolute Gasteiger partial charge is 0.414 e.